The van der Waals surface area contributed by atoms with E-state index in [0.717, 1.165) is 32.2 Å². The molecule has 0 atom stereocenters. The number of fused-ring (bicyclic) bond motifs is 1. The van der Waals surface area contributed by atoms with Crippen LogP contribution in [0.25, 0.3) is 17.1 Å². The van der Waals surface area contributed by atoms with E-state index in [2.05, 4.69) is 39.8 Å². The van der Waals surface area contributed by atoms with Gasteiger partial charge >= 0.3 is 0 Å². The van der Waals surface area contributed by atoms with Crippen LogP contribution in [0.4, 0.5) is 11.8 Å². The van der Waals surface area contributed by atoms with Gasteiger partial charge in [-0.3, -0.25) is 9.36 Å². The highest BCUT2D eigenvalue weighted by Crippen LogP contribution is 2.31. The Kier molecular flexibility index (Phi) is 5.53. The average Bonchev–Trinajstić information content (AvgIpc) is 3.40. The number of amides is 1. The number of nitrogens with one attached hydrogen (secondary N) is 2. The van der Waals surface area contributed by atoms with E-state index in [0.29, 0.717) is 35.4 Å². The van der Waals surface area contributed by atoms with E-state index in [1.54, 1.807) is 10.9 Å². The Morgan fingerprint density at radius 2 is 1.97 bits per heavy atom. The van der Waals surface area contributed by atoms with Crippen LogP contribution in [-0.4, -0.2) is 41.8 Å². The first kappa shape index (κ1) is 20.2. The monoisotopic (exact) mass is 430 g/mol. The van der Waals surface area contributed by atoms with Gasteiger partial charge in [0.05, 0.1) is 0 Å². The minimum absolute atomic E-state index is 0.00841. The van der Waals surface area contributed by atoms with Crippen molar-refractivity contribution in [2.45, 2.75) is 39.2 Å². The highest BCUT2D eigenvalue weighted by molar-refractivity contribution is 5.99. The number of nitrogens with zero attached hydrogens (tertiary/aromatic N) is 6. The standard InChI is InChI=1S/C23H26N8O/c1-2-14-30-20-18(26-23(30)31-15-6-12-25-31)19(27-21(32)17-9-10-17)28-22(29-20)24-13-11-16-7-4-3-5-8-16/h3-8,12,15,17H,2,9-11,13-14H2,1H3,(H2,24,27,28,29,32). The Bertz CT molecular complexity index is 1210. The largest absolute Gasteiger partial charge is 0.354 e. The number of benzene rings is 1. The van der Waals surface area contributed by atoms with Crippen molar-refractivity contribution in [3.05, 3.63) is 54.4 Å². The Hall–Kier alpha value is -3.75. The Balaban J connectivity index is 1.51. The summed E-state index contributed by atoms with van der Waals surface area (Å²) in [6.07, 6.45) is 7.16. The number of imidazole rings is 1. The van der Waals surface area contributed by atoms with Crippen molar-refractivity contribution >= 4 is 28.8 Å². The zero-order valence-electron chi connectivity index (χ0n) is 18.0. The summed E-state index contributed by atoms with van der Waals surface area (Å²) in [6.45, 7) is 3.51. The molecule has 0 aliphatic heterocycles. The van der Waals surface area contributed by atoms with Gasteiger partial charge in [-0.05, 0) is 37.3 Å². The summed E-state index contributed by atoms with van der Waals surface area (Å²) in [5.74, 6) is 1.63. The predicted octanol–water partition coefficient (Wildman–Crippen LogP) is 3.43. The molecule has 9 heteroatoms. The molecule has 1 aliphatic carbocycles. The smallest absolute Gasteiger partial charge is 0.233 e. The van der Waals surface area contributed by atoms with Gasteiger partial charge < -0.3 is 10.6 Å². The second kappa shape index (κ2) is 8.78. The molecule has 0 spiro atoms. The van der Waals surface area contributed by atoms with Crippen LogP contribution in [-0.2, 0) is 17.8 Å². The van der Waals surface area contributed by atoms with E-state index < -0.39 is 0 Å². The van der Waals surface area contributed by atoms with Gasteiger partial charge in [0.25, 0.3) is 0 Å². The quantitative estimate of drug-likeness (QED) is 0.422. The summed E-state index contributed by atoms with van der Waals surface area (Å²) in [4.78, 5) is 26.7. The number of aromatic nitrogens is 6. The second-order valence-electron chi connectivity index (χ2n) is 8.01. The highest BCUT2D eigenvalue weighted by Gasteiger charge is 2.31. The number of carbonyl (C=O) groups is 1. The van der Waals surface area contributed by atoms with Crippen molar-refractivity contribution in [3.63, 3.8) is 0 Å². The van der Waals surface area contributed by atoms with Crippen LogP contribution in [0.3, 0.4) is 0 Å². The molecule has 0 unspecified atom stereocenters. The minimum Gasteiger partial charge on any atom is -0.354 e. The number of aryl methyl sites for hydroxylation is 1. The molecule has 1 amide bonds. The zero-order valence-corrected chi connectivity index (χ0v) is 18.0. The Morgan fingerprint density at radius 1 is 1.12 bits per heavy atom. The lowest BCUT2D eigenvalue weighted by atomic mass is 10.1. The van der Waals surface area contributed by atoms with E-state index in [1.807, 2.05) is 35.0 Å². The minimum atomic E-state index is -0.00841. The van der Waals surface area contributed by atoms with E-state index in [-0.39, 0.29) is 11.8 Å². The number of rotatable bonds is 9. The molecule has 3 heterocycles. The van der Waals surface area contributed by atoms with Crippen molar-refractivity contribution in [1.29, 1.82) is 0 Å². The summed E-state index contributed by atoms with van der Waals surface area (Å²) in [7, 11) is 0. The lowest BCUT2D eigenvalue weighted by Gasteiger charge is -2.10. The molecule has 1 aliphatic rings. The SMILES string of the molecule is CCCn1c(-n2cccn2)nc2c(NC(=O)C3CC3)nc(NCCc3ccccc3)nc21. The fourth-order valence-corrected chi connectivity index (χ4v) is 3.67. The van der Waals surface area contributed by atoms with Gasteiger partial charge in [-0.15, -0.1) is 0 Å². The molecule has 1 fully saturated rings. The van der Waals surface area contributed by atoms with Crippen LogP contribution in [0.1, 0.15) is 31.7 Å². The molecule has 4 aromatic rings. The highest BCUT2D eigenvalue weighted by atomic mass is 16.2. The van der Waals surface area contributed by atoms with Crippen molar-refractivity contribution in [2.75, 3.05) is 17.2 Å². The van der Waals surface area contributed by atoms with E-state index in [9.17, 15) is 4.79 Å². The first-order valence-corrected chi connectivity index (χ1v) is 11.1. The zero-order chi connectivity index (χ0) is 21.9. The van der Waals surface area contributed by atoms with Crippen LogP contribution in [0.5, 0.6) is 0 Å². The molecule has 1 aromatic carbocycles. The van der Waals surface area contributed by atoms with Crippen LogP contribution in [0, 0.1) is 5.92 Å². The van der Waals surface area contributed by atoms with Crippen LogP contribution in [0.2, 0.25) is 0 Å². The Labute approximate surface area is 185 Å². The lowest BCUT2D eigenvalue weighted by Crippen LogP contribution is -2.17. The molecular weight excluding hydrogens is 404 g/mol. The first-order chi connectivity index (χ1) is 15.7. The fourth-order valence-electron chi connectivity index (χ4n) is 3.67. The average molecular weight is 431 g/mol. The van der Waals surface area contributed by atoms with Crippen LogP contribution >= 0.6 is 0 Å². The molecule has 3 aromatic heterocycles. The van der Waals surface area contributed by atoms with E-state index >= 15 is 0 Å². The number of hydrogen-bond acceptors (Lipinski definition) is 6. The van der Waals surface area contributed by atoms with Gasteiger partial charge in [-0.1, -0.05) is 37.3 Å². The molecule has 32 heavy (non-hydrogen) atoms. The maximum atomic E-state index is 12.5. The van der Waals surface area contributed by atoms with Gasteiger partial charge in [0.2, 0.25) is 17.8 Å². The van der Waals surface area contributed by atoms with Crippen molar-refractivity contribution in [2.24, 2.45) is 5.92 Å². The van der Waals surface area contributed by atoms with Crippen molar-refractivity contribution in [1.82, 2.24) is 29.3 Å². The number of hydrogen-bond donors (Lipinski definition) is 2. The topological polar surface area (TPSA) is 103 Å². The molecule has 1 saturated carbocycles. The molecule has 2 N–H and O–H groups in total. The molecule has 0 bridgehead atoms. The summed E-state index contributed by atoms with van der Waals surface area (Å²) in [5, 5.41) is 10.6. The van der Waals surface area contributed by atoms with Crippen molar-refractivity contribution < 1.29 is 4.79 Å². The second-order valence-corrected chi connectivity index (χ2v) is 8.01. The molecule has 0 radical (unpaired) electrons. The van der Waals surface area contributed by atoms with E-state index in [4.69, 9.17) is 9.97 Å². The summed E-state index contributed by atoms with van der Waals surface area (Å²) in [5.41, 5.74) is 2.49. The molecule has 164 valence electrons. The third-order valence-electron chi connectivity index (χ3n) is 5.46. The lowest BCUT2D eigenvalue weighted by molar-refractivity contribution is -0.117. The molecule has 9 nitrogen and oxygen atoms in total. The summed E-state index contributed by atoms with van der Waals surface area (Å²) >= 11 is 0. The maximum Gasteiger partial charge on any atom is 0.233 e. The molecule has 0 saturated heterocycles. The van der Waals surface area contributed by atoms with Gasteiger partial charge in [-0.25, -0.2) is 9.67 Å². The van der Waals surface area contributed by atoms with Gasteiger partial charge in [0, 0.05) is 31.4 Å². The van der Waals surface area contributed by atoms with Gasteiger partial charge in [0.15, 0.2) is 17.0 Å². The number of carbonyl (C=O) groups excluding carboxylic acids is 1. The Morgan fingerprint density at radius 3 is 2.69 bits per heavy atom. The number of anilines is 2. The van der Waals surface area contributed by atoms with Crippen molar-refractivity contribution in [3.8, 4) is 5.95 Å². The summed E-state index contributed by atoms with van der Waals surface area (Å²) in [6, 6.07) is 12.1. The summed E-state index contributed by atoms with van der Waals surface area (Å²) < 4.78 is 3.74. The fraction of sp³-hybridized carbons (Fsp3) is 0.348. The van der Waals surface area contributed by atoms with E-state index in [1.165, 1.54) is 5.56 Å². The predicted molar refractivity (Wildman–Crippen MR) is 123 cm³/mol. The maximum absolute atomic E-state index is 12.5. The van der Waals surface area contributed by atoms with Crippen LogP contribution < -0.4 is 10.6 Å². The normalized spacial score (nSPS) is 13.4. The van der Waals surface area contributed by atoms with Gasteiger partial charge in [0.1, 0.15) is 0 Å². The third-order valence-corrected chi connectivity index (χ3v) is 5.46. The first-order valence-electron chi connectivity index (χ1n) is 11.1. The van der Waals surface area contributed by atoms with Crippen LogP contribution in [0.15, 0.2) is 48.8 Å². The van der Waals surface area contributed by atoms with Gasteiger partial charge in [-0.2, -0.15) is 15.1 Å². The third kappa shape index (κ3) is 4.18. The molecular formula is C23H26N8O. The molecule has 5 rings (SSSR count).